The zero-order valence-electron chi connectivity index (χ0n) is 17.5. The summed E-state index contributed by atoms with van der Waals surface area (Å²) < 4.78 is 18.0. The lowest BCUT2D eigenvalue weighted by atomic mass is 10.1. The number of halogens is 3. The number of aromatic nitrogens is 4. The van der Waals surface area contributed by atoms with E-state index in [1.807, 2.05) is 42.5 Å². The number of benzene rings is 3. The molecule has 10 heteroatoms. The summed E-state index contributed by atoms with van der Waals surface area (Å²) in [6, 6.07) is 18.3. The van der Waals surface area contributed by atoms with Gasteiger partial charge in [-0.25, -0.2) is 4.68 Å². The summed E-state index contributed by atoms with van der Waals surface area (Å²) in [6.07, 6.45) is 0. The molecule has 7 nitrogen and oxygen atoms in total. The van der Waals surface area contributed by atoms with E-state index in [0.717, 1.165) is 16.9 Å². The average Bonchev–Trinajstić information content (AvgIpc) is 3.27. The third-order valence-electron chi connectivity index (χ3n) is 4.73. The standard InChI is InChI=1S/C23H19Cl3N4O3/c1-31-14-33-18-8-5-15(6-9-18)13-32-21-10-7-17(24)11-16(21)12-30-23(27-28-29-30)19-3-2-4-20(25)22(19)26/h2-11H,12-14H2,1H3. The van der Waals surface area contributed by atoms with Gasteiger partial charge in [0.15, 0.2) is 12.6 Å². The Kier molecular flexibility index (Phi) is 7.67. The van der Waals surface area contributed by atoms with Gasteiger partial charge >= 0.3 is 0 Å². The van der Waals surface area contributed by atoms with Crippen LogP contribution in [-0.2, 0) is 17.9 Å². The van der Waals surface area contributed by atoms with Gasteiger partial charge in [0.25, 0.3) is 0 Å². The molecule has 0 bridgehead atoms. The van der Waals surface area contributed by atoms with Crippen LogP contribution in [0.5, 0.6) is 11.5 Å². The summed E-state index contributed by atoms with van der Waals surface area (Å²) in [4.78, 5) is 0. The molecule has 0 aliphatic carbocycles. The van der Waals surface area contributed by atoms with Gasteiger partial charge in [-0.2, -0.15) is 0 Å². The topological polar surface area (TPSA) is 71.3 Å². The lowest BCUT2D eigenvalue weighted by molar-refractivity contribution is 0.0511. The van der Waals surface area contributed by atoms with Crippen molar-refractivity contribution in [3.8, 4) is 22.9 Å². The summed E-state index contributed by atoms with van der Waals surface area (Å²) in [5, 5.41) is 13.4. The largest absolute Gasteiger partial charge is 0.489 e. The minimum atomic E-state index is 0.198. The summed E-state index contributed by atoms with van der Waals surface area (Å²) in [5.41, 5.74) is 2.43. The molecule has 1 aromatic heterocycles. The van der Waals surface area contributed by atoms with Crippen LogP contribution in [0.15, 0.2) is 60.7 Å². The smallest absolute Gasteiger partial charge is 0.188 e. The first-order chi connectivity index (χ1) is 16.0. The van der Waals surface area contributed by atoms with Crippen LogP contribution in [0.25, 0.3) is 11.4 Å². The fourth-order valence-electron chi connectivity index (χ4n) is 3.12. The van der Waals surface area contributed by atoms with Crippen molar-refractivity contribution in [1.82, 2.24) is 20.2 Å². The monoisotopic (exact) mass is 504 g/mol. The molecular weight excluding hydrogens is 487 g/mol. The van der Waals surface area contributed by atoms with Crippen LogP contribution in [-0.4, -0.2) is 34.1 Å². The molecule has 4 rings (SSSR count). The second kappa shape index (κ2) is 10.9. The molecule has 0 amide bonds. The summed E-state index contributed by atoms with van der Waals surface area (Å²) >= 11 is 18.8. The predicted molar refractivity (Wildman–Crippen MR) is 127 cm³/mol. The van der Waals surface area contributed by atoms with Crippen LogP contribution in [0.2, 0.25) is 15.1 Å². The average molecular weight is 506 g/mol. The number of hydrogen-bond donors (Lipinski definition) is 0. The van der Waals surface area contributed by atoms with Gasteiger partial charge in [-0.3, -0.25) is 0 Å². The zero-order valence-corrected chi connectivity index (χ0v) is 19.8. The first-order valence-electron chi connectivity index (χ1n) is 9.87. The van der Waals surface area contributed by atoms with Crippen LogP contribution < -0.4 is 9.47 Å². The van der Waals surface area contributed by atoms with Crippen molar-refractivity contribution in [2.24, 2.45) is 0 Å². The summed E-state index contributed by atoms with van der Waals surface area (Å²) in [5.74, 6) is 1.87. The second-order valence-electron chi connectivity index (χ2n) is 7.00. The van der Waals surface area contributed by atoms with Crippen molar-refractivity contribution >= 4 is 34.8 Å². The number of hydrogen-bond acceptors (Lipinski definition) is 6. The molecule has 4 aromatic rings. The Morgan fingerprint density at radius 2 is 1.76 bits per heavy atom. The highest BCUT2D eigenvalue weighted by Crippen LogP contribution is 2.33. The highest BCUT2D eigenvalue weighted by atomic mass is 35.5. The van der Waals surface area contributed by atoms with Crippen molar-refractivity contribution in [2.45, 2.75) is 13.2 Å². The molecule has 0 aliphatic rings. The van der Waals surface area contributed by atoms with E-state index in [4.69, 9.17) is 49.0 Å². The van der Waals surface area contributed by atoms with E-state index in [-0.39, 0.29) is 6.79 Å². The molecule has 0 saturated carbocycles. The van der Waals surface area contributed by atoms with E-state index in [9.17, 15) is 0 Å². The molecule has 0 N–H and O–H groups in total. The highest BCUT2D eigenvalue weighted by molar-refractivity contribution is 6.43. The number of nitrogens with zero attached hydrogens (tertiary/aromatic N) is 4. The summed E-state index contributed by atoms with van der Waals surface area (Å²) in [7, 11) is 1.58. The van der Waals surface area contributed by atoms with Gasteiger partial charge in [0.2, 0.25) is 0 Å². The number of methoxy groups -OCH3 is 1. The Morgan fingerprint density at radius 1 is 0.939 bits per heavy atom. The molecule has 0 saturated heterocycles. The molecule has 0 aliphatic heterocycles. The van der Waals surface area contributed by atoms with Gasteiger partial charge in [0.05, 0.1) is 16.6 Å². The Morgan fingerprint density at radius 3 is 2.55 bits per heavy atom. The maximum Gasteiger partial charge on any atom is 0.188 e. The molecule has 3 aromatic carbocycles. The minimum absolute atomic E-state index is 0.198. The molecule has 0 fully saturated rings. The zero-order chi connectivity index (χ0) is 23.2. The number of tetrazole rings is 1. The van der Waals surface area contributed by atoms with E-state index in [1.165, 1.54) is 0 Å². The van der Waals surface area contributed by atoms with Crippen molar-refractivity contribution in [3.05, 3.63) is 86.9 Å². The van der Waals surface area contributed by atoms with E-state index in [1.54, 1.807) is 30.0 Å². The van der Waals surface area contributed by atoms with E-state index in [0.29, 0.717) is 45.4 Å². The molecule has 0 spiro atoms. The van der Waals surface area contributed by atoms with Crippen molar-refractivity contribution in [2.75, 3.05) is 13.9 Å². The Bertz CT molecular complexity index is 1230. The quantitative estimate of drug-likeness (QED) is 0.263. The van der Waals surface area contributed by atoms with Gasteiger partial charge in [-0.1, -0.05) is 53.0 Å². The van der Waals surface area contributed by atoms with Crippen LogP contribution in [0.1, 0.15) is 11.1 Å². The summed E-state index contributed by atoms with van der Waals surface area (Å²) in [6.45, 7) is 0.885. The molecule has 33 heavy (non-hydrogen) atoms. The number of rotatable bonds is 9. The van der Waals surface area contributed by atoms with Gasteiger partial charge in [-0.15, -0.1) is 5.10 Å². The maximum absolute atomic E-state index is 6.37. The normalized spacial score (nSPS) is 10.9. The van der Waals surface area contributed by atoms with Crippen molar-refractivity contribution < 1.29 is 14.2 Å². The fraction of sp³-hybridized carbons (Fsp3) is 0.174. The molecule has 0 radical (unpaired) electrons. The van der Waals surface area contributed by atoms with Gasteiger partial charge in [0, 0.05) is 23.3 Å². The molecule has 1 heterocycles. The van der Waals surface area contributed by atoms with E-state index < -0.39 is 0 Å². The SMILES string of the molecule is COCOc1ccc(COc2ccc(Cl)cc2Cn2nnnc2-c2cccc(Cl)c2Cl)cc1. The number of ether oxygens (including phenoxy) is 3. The lowest BCUT2D eigenvalue weighted by Crippen LogP contribution is -2.07. The molecule has 0 atom stereocenters. The molecule has 170 valence electrons. The minimum Gasteiger partial charge on any atom is -0.489 e. The molecule has 0 unspecified atom stereocenters. The van der Waals surface area contributed by atoms with Gasteiger partial charge < -0.3 is 14.2 Å². The Labute approximate surface area is 205 Å². The van der Waals surface area contributed by atoms with Crippen molar-refractivity contribution in [3.63, 3.8) is 0 Å². The fourth-order valence-corrected chi connectivity index (χ4v) is 3.70. The first kappa shape index (κ1) is 23.3. The van der Waals surface area contributed by atoms with Crippen LogP contribution in [0.4, 0.5) is 0 Å². The Balaban J connectivity index is 1.53. The van der Waals surface area contributed by atoms with E-state index in [2.05, 4.69) is 15.5 Å². The Hall–Kier alpha value is -2.84. The van der Waals surface area contributed by atoms with Crippen LogP contribution in [0, 0.1) is 0 Å². The first-order valence-corrected chi connectivity index (χ1v) is 11.0. The third-order valence-corrected chi connectivity index (χ3v) is 5.78. The van der Waals surface area contributed by atoms with E-state index >= 15 is 0 Å². The maximum atomic E-state index is 6.37. The van der Waals surface area contributed by atoms with Gasteiger partial charge in [-0.05, 0) is 58.5 Å². The van der Waals surface area contributed by atoms with Crippen molar-refractivity contribution in [1.29, 1.82) is 0 Å². The third kappa shape index (κ3) is 5.75. The van der Waals surface area contributed by atoms with Crippen LogP contribution in [0.3, 0.4) is 0 Å². The highest BCUT2D eigenvalue weighted by Gasteiger charge is 2.16. The van der Waals surface area contributed by atoms with Crippen LogP contribution >= 0.6 is 34.8 Å². The second-order valence-corrected chi connectivity index (χ2v) is 8.22. The molecular formula is C23H19Cl3N4O3. The predicted octanol–water partition coefficient (Wildman–Crippen LogP) is 5.91. The lowest BCUT2D eigenvalue weighted by Gasteiger charge is -2.13. The van der Waals surface area contributed by atoms with Gasteiger partial charge in [0.1, 0.15) is 18.1 Å².